The average molecular weight is 1890 g/mol. The molecule has 137 heavy (non-hydrogen) atoms. The Bertz CT molecular complexity index is 5450. The predicted octanol–water partition coefficient (Wildman–Crippen LogP) is 8.48. The minimum Gasteiger partial charge on any atom is -0.459 e. The van der Waals surface area contributed by atoms with Crippen LogP contribution in [0.1, 0.15) is 163 Å². The number of carbonyl (C=O) groups excluding carboxylic acids is 8. The highest BCUT2D eigenvalue weighted by Gasteiger charge is 2.54. The molecule has 2 bridgehead atoms. The summed E-state index contributed by atoms with van der Waals surface area (Å²) in [5.41, 5.74) is 16.9. The summed E-state index contributed by atoms with van der Waals surface area (Å²) in [4.78, 5) is 157. The topological polar surface area (TPSA) is 447 Å². The highest BCUT2D eigenvalue weighted by molar-refractivity contribution is 6.39. The quantitative estimate of drug-likeness (QED) is 0.0133. The molecule has 4 amide bonds. The van der Waals surface area contributed by atoms with Crippen LogP contribution in [0, 0.1) is 29.6 Å². The number of cyclic esters (lactones) is 1. The number of aliphatic hydroxyl groups excluding tert-OH is 1. The normalized spacial score (nSPS) is 27.0. The number of piperidine rings is 1. The lowest BCUT2D eigenvalue weighted by molar-refractivity contribution is -0.265. The number of nitrogens with two attached hydrogens (primary N) is 1. The zero-order chi connectivity index (χ0) is 96.8. The molecule has 3 saturated heterocycles. The van der Waals surface area contributed by atoms with Gasteiger partial charge in [-0.25, -0.2) is 49.2 Å². The van der Waals surface area contributed by atoms with Crippen LogP contribution >= 0.6 is 0 Å². The molecule has 6 aliphatic heterocycles. The number of pyridine rings is 1. The Labute approximate surface area is 798 Å². The van der Waals surface area contributed by atoms with Gasteiger partial charge in [0.05, 0.1) is 107 Å². The number of nitrogens with one attached hydrogen (secondary N) is 2. The first kappa shape index (κ1) is 102. The number of anilines is 2. The molecule has 0 unspecified atom stereocenters. The van der Waals surface area contributed by atoms with Crippen molar-refractivity contribution in [2.24, 2.45) is 35.3 Å². The Kier molecular flexibility index (Phi) is 36.0. The molecule has 1 saturated carbocycles. The Morgan fingerprint density at radius 3 is 2.18 bits per heavy atom. The van der Waals surface area contributed by atoms with E-state index in [2.05, 4.69) is 64.4 Å². The van der Waals surface area contributed by atoms with Gasteiger partial charge in [-0.3, -0.25) is 28.8 Å². The van der Waals surface area contributed by atoms with E-state index in [0.29, 0.717) is 179 Å². The Morgan fingerprint density at radius 2 is 1.43 bits per heavy atom. The van der Waals surface area contributed by atoms with Crippen molar-refractivity contribution >= 4 is 81.1 Å². The van der Waals surface area contributed by atoms with Gasteiger partial charge in [-0.15, -0.1) is 0 Å². The van der Waals surface area contributed by atoms with Crippen molar-refractivity contribution in [1.29, 1.82) is 0 Å². The van der Waals surface area contributed by atoms with Crippen molar-refractivity contribution in [1.82, 2.24) is 69.7 Å². The molecular formula is C100H133N17O20. The molecule has 4 fully saturated rings. The molecule has 37 nitrogen and oxygen atoms in total. The van der Waals surface area contributed by atoms with Crippen molar-refractivity contribution in [3.63, 3.8) is 0 Å². The number of ether oxygens (including phenoxy) is 10. The SMILES string of the molecule is CO[C@H]1C[C@@H]2CC[C@@H](C)[C@@](O)(O2)C(=O)C(=O)N2CCCC[C@H]2C(=O)O[C@H]([C@H](N)C[C@@H]2CC[C@@H](OC(=O)N3CCc4nc(N5CCN(c6ncc(C(=O)NCCOCCOCCOCCOCCC(=O)N7CCc8cc(Cn9nc(-c%10cnc%11[nH]ccc%11c%10)c%10cncnc%109)ccc8C7)cn6)CC5)ncc4C3)[C@H](OC)C2)CC(=O)[C@H](C)/C=C(\C)[C@@H](O)[C@@H](OC)C(=O)[C@H](C)C[C@H](C)/C=C/C=C/C=C/1C. The Hall–Kier alpha value is -11.1. The third kappa shape index (κ3) is 26.1. The lowest BCUT2D eigenvalue weighted by Crippen LogP contribution is -2.61. The number of benzene rings is 1. The van der Waals surface area contributed by atoms with Gasteiger partial charge in [-0.2, -0.15) is 5.10 Å². The lowest BCUT2D eigenvalue weighted by atomic mass is 9.80. The first-order valence-electron chi connectivity index (χ1n) is 48.2. The molecular weight excluding hydrogens is 1760 g/mol. The first-order valence-corrected chi connectivity index (χ1v) is 48.2. The van der Waals surface area contributed by atoms with Crippen molar-refractivity contribution < 1.29 is 95.9 Å². The van der Waals surface area contributed by atoms with E-state index < -0.39 is 108 Å². The number of amides is 4. The maximum absolute atomic E-state index is 14.8. The van der Waals surface area contributed by atoms with Crippen molar-refractivity contribution in [3.8, 4) is 11.3 Å². The standard InChI is InChI=1S/C100H133N17O20/c1-62-15-11-10-12-16-63(2)83(128-7)51-76-22-18-67(6)100(127,137-76)91(122)95(124)116-30-14-13-17-80(116)96(125)135-84(52-81(118)64(3)46-66(5)89(121)90(130-9)88(120)65(4)45-62)78(101)48-68-20-23-82(85(49-68)129-8)136-99(126)115-32-26-79-75(60-115)56-108-98(110-79)113-35-33-112(34-36-113)97-106-54-74(55-107-97)94(123)104-29-38-132-40-42-134-44-43-133-41-39-131-37-27-86(119)114-31-25-70-47-69(19-21-72(70)59-114)58-117-93-77(57-102-61-109-93)87(111-117)73-50-71-24-28-103-92(71)105-53-73/h10-12,15-16,19,21,24,28,46-47,50,53-57,61-62,64-65,67-68,76,78,80,82-85,89-90,121,127H,13-14,17-18,20,22-23,25-27,29-45,48-49,51-52,58-60,101H2,1-9H3,(H,103,105)(H,104,123)/b12-10+,15-11+,63-16+,66-46+/t62-,64-,65-,67-,68+,76+,78-,80+,82-,83+,84+,85-,89-,90+,100-/m1/s1. The molecule has 12 heterocycles. The average Bonchev–Trinajstić information content (AvgIpc) is 1.55. The fourth-order valence-corrected chi connectivity index (χ4v) is 19.4. The van der Waals surface area contributed by atoms with Crippen molar-refractivity contribution in [2.45, 2.75) is 218 Å². The van der Waals surface area contributed by atoms with Crippen LogP contribution in [-0.4, -0.2) is 309 Å². The number of ketones is 3. The molecule has 14 rings (SSSR count). The van der Waals surface area contributed by atoms with Crippen LogP contribution in [0.15, 0.2) is 121 Å². The van der Waals surface area contributed by atoms with E-state index in [1.54, 1.807) is 65.3 Å². The fraction of sp³-hybridized carbons (Fsp3) is 0.580. The zero-order valence-electron chi connectivity index (χ0n) is 80.1. The number of methoxy groups -OCH3 is 3. The molecule has 7 aliphatic rings. The van der Waals surface area contributed by atoms with Gasteiger partial charge < -0.3 is 98.1 Å². The van der Waals surface area contributed by atoms with E-state index in [4.69, 9.17) is 68.2 Å². The summed E-state index contributed by atoms with van der Waals surface area (Å²) >= 11 is 0. The van der Waals surface area contributed by atoms with E-state index in [-0.39, 0.29) is 87.8 Å². The summed E-state index contributed by atoms with van der Waals surface area (Å²) in [5, 5.41) is 33.6. The maximum Gasteiger partial charge on any atom is 0.410 e. The summed E-state index contributed by atoms with van der Waals surface area (Å²) in [7, 11) is 4.47. The van der Waals surface area contributed by atoms with E-state index in [1.165, 1.54) is 31.4 Å². The number of fused-ring (bicyclic) bond motifs is 7. The van der Waals surface area contributed by atoms with E-state index >= 15 is 0 Å². The first-order chi connectivity index (χ1) is 66.2. The minimum atomic E-state index is -2.51. The minimum absolute atomic E-state index is 0.00381. The van der Waals surface area contributed by atoms with Crippen LogP contribution in [0.25, 0.3) is 33.3 Å². The van der Waals surface area contributed by atoms with Crippen LogP contribution in [0.5, 0.6) is 0 Å². The van der Waals surface area contributed by atoms with E-state index in [0.717, 1.165) is 72.6 Å². The number of carbonyl (C=O) groups is 8. The summed E-state index contributed by atoms with van der Waals surface area (Å²) in [6.45, 7) is 18.2. The summed E-state index contributed by atoms with van der Waals surface area (Å²) < 4.78 is 61.0. The number of aromatic nitrogens is 10. The number of allylic oxidation sites excluding steroid dienone is 6. The van der Waals surface area contributed by atoms with Gasteiger partial charge >= 0.3 is 12.1 Å². The number of aliphatic hydroxyl groups is 2. The molecule has 0 spiro atoms. The second kappa shape index (κ2) is 48.5. The summed E-state index contributed by atoms with van der Waals surface area (Å²) in [6.07, 6.45) is 21.5. The van der Waals surface area contributed by atoms with E-state index in [9.17, 15) is 48.6 Å². The highest BCUT2D eigenvalue weighted by Crippen LogP contribution is 2.40. The number of hydrogen-bond donors (Lipinski definition) is 5. The second-order valence-electron chi connectivity index (χ2n) is 37.2. The number of H-pyrrole nitrogens is 1. The number of rotatable bonds is 28. The molecule has 7 aromatic rings. The second-order valence-corrected chi connectivity index (χ2v) is 37.2. The van der Waals surface area contributed by atoms with Gasteiger partial charge in [-0.1, -0.05) is 82.4 Å². The molecule has 0 radical (unpaired) electrons. The number of hydrogen-bond acceptors (Lipinski definition) is 31. The molecule has 6 aromatic heterocycles. The van der Waals surface area contributed by atoms with Gasteiger partial charge in [-0.05, 0) is 136 Å². The van der Waals surface area contributed by atoms with Gasteiger partial charge in [0.2, 0.25) is 23.6 Å². The zero-order valence-corrected chi connectivity index (χ0v) is 80.1. The smallest absolute Gasteiger partial charge is 0.410 e. The van der Waals surface area contributed by atoms with Crippen LogP contribution in [0.3, 0.4) is 0 Å². The molecule has 15 atom stereocenters. The van der Waals surface area contributed by atoms with Crippen LogP contribution < -0.4 is 20.9 Å². The van der Waals surface area contributed by atoms with Crippen LogP contribution in [0.4, 0.5) is 16.7 Å². The summed E-state index contributed by atoms with van der Waals surface area (Å²) in [6, 6.07) is 8.22. The number of aromatic amines is 1. The van der Waals surface area contributed by atoms with Gasteiger partial charge in [0.1, 0.15) is 53.9 Å². The summed E-state index contributed by atoms with van der Waals surface area (Å²) in [5.74, 6) is -7.96. The lowest BCUT2D eigenvalue weighted by Gasteiger charge is -2.42. The van der Waals surface area contributed by atoms with Gasteiger partial charge in [0, 0.05) is 177 Å². The number of esters is 1. The largest absolute Gasteiger partial charge is 0.459 e. The third-order valence-electron chi connectivity index (χ3n) is 27.5. The van der Waals surface area contributed by atoms with Crippen molar-refractivity contribution in [3.05, 3.63) is 155 Å². The van der Waals surface area contributed by atoms with Crippen molar-refractivity contribution in [2.75, 3.05) is 136 Å². The maximum atomic E-state index is 14.8. The Morgan fingerprint density at radius 1 is 0.701 bits per heavy atom. The van der Waals surface area contributed by atoms with Gasteiger partial charge in [0.15, 0.2) is 11.4 Å². The molecule has 1 aliphatic carbocycles. The predicted molar refractivity (Wildman–Crippen MR) is 506 cm³/mol. The van der Waals surface area contributed by atoms with Gasteiger partial charge in [0.25, 0.3) is 17.6 Å². The van der Waals surface area contributed by atoms with Crippen LogP contribution in [0.2, 0.25) is 0 Å². The number of nitrogens with zero attached hydrogens (tertiary/aromatic N) is 14. The van der Waals surface area contributed by atoms with E-state index in [1.807, 2.05) is 77.2 Å². The Balaban J connectivity index is 0.478. The third-order valence-corrected chi connectivity index (χ3v) is 27.5. The monoisotopic (exact) mass is 1890 g/mol. The molecule has 6 N–H and O–H groups in total. The molecule has 738 valence electrons. The fourth-order valence-electron chi connectivity index (χ4n) is 19.4. The number of Topliss-reactive ketones (excluding diaryl/α,β-unsaturated/α-hetero) is 3. The number of piperazine rings is 1. The molecule has 1 aromatic carbocycles. The highest BCUT2D eigenvalue weighted by atomic mass is 16.6. The molecule has 37 heteroatoms. The van der Waals surface area contributed by atoms with Crippen LogP contribution in [-0.2, 0) is 109 Å².